The normalized spacial score (nSPS) is 22.6. The smallest absolute Gasteiger partial charge is 0.324 e. The number of hydrogen-bond donors (Lipinski definition) is 5. The van der Waals surface area contributed by atoms with Crippen molar-refractivity contribution in [1.82, 2.24) is 20.0 Å². The minimum atomic E-state index is -4.07. The molecule has 0 bridgehead atoms. The van der Waals surface area contributed by atoms with Crippen molar-refractivity contribution in [2.45, 2.75) is 12.8 Å². The van der Waals surface area contributed by atoms with Crippen molar-refractivity contribution in [2.75, 3.05) is 72.0 Å². The Morgan fingerprint density at radius 3 is 1.92 bits per heavy atom. The zero-order valence-electron chi connectivity index (χ0n) is 14.8. The molecular formula is C13H32N4O6P2. The quantitative estimate of drug-likeness (QED) is 0.379. The third kappa shape index (κ3) is 13.0. The monoisotopic (exact) mass is 402 g/mol. The Labute approximate surface area is 149 Å². The van der Waals surface area contributed by atoms with E-state index in [4.69, 9.17) is 0 Å². The Hall–Kier alpha value is 0.140. The summed E-state index contributed by atoms with van der Waals surface area (Å²) in [6.07, 6.45) is 1.07. The van der Waals surface area contributed by atoms with Gasteiger partial charge in [-0.15, -0.1) is 0 Å². The summed E-state index contributed by atoms with van der Waals surface area (Å²) in [6.45, 7) is 5.09. The van der Waals surface area contributed by atoms with Crippen LogP contribution < -0.4 is 5.32 Å². The highest BCUT2D eigenvalue weighted by atomic mass is 31.2. The molecule has 1 heterocycles. The Morgan fingerprint density at radius 1 is 0.760 bits per heavy atom. The van der Waals surface area contributed by atoms with Gasteiger partial charge in [0.2, 0.25) is 0 Å². The molecule has 0 aliphatic carbocycles. The van der Waals surface area contributed by atoms with E-state index in [-0.39, 0.29) is 12.6 Å². The fourth-order valence-corrected chi connectivity index (χ4v) is 4.41. The van der Waals surface area contributed by atoms with Crippen molar-refractivity contribution in [1.29, 1.82) is 0 Å². The van der Waals surface area contributed by atoms with E-state index in [2.05, 4.69) is 10.2 Å². The predicted molar refractivity (Wildman–Crippen MR) is 96.6 cm³/mol. The molecule has 25 heavy (non-hydrogen) atoms. The van der Waals surface area contributed by atoms with E-state index in [1.807, 2.05) is 7.05 Å². The molecule has 1 saturated heterocycles. The summed E-state index contributed by atoms with van der Waals surface area (Å²) < 4.78 is 22.5. The lowest BCUT2D eigenvalue weighted by Crippen LogP contribution is -2.39. The first kappa shape index (κ1) is 23.2. The first-order valence-corrected chi connectivity index (χ1v) is 12.1. The second kappa shape index (κ2) is 11.1. The van der Waals surface area contributed by atoms with Gasteiger partial charge in [0.05, 0.1) is 0 Å². The lowest BCUT2D eigenvalue weighted by Gasteiger charge is -2.28. The van der Waals surface area contributed by atoms with Gasteiger partial charge in [0.1, 0.15) is 12.6 Å². The fourth-order valence-electron chi connectivity index (χ4n) is 2.81. The van der Waals surface area contributed by atoms with E-state index in [9.17, 15) is 28.7 Å². The van der Waals surface area contributed by atoms with Crippen molar-refractivity contribution in [3.05, 3.63) is 0 Å². The van der Waals surface area contributed by atoms with Crippen LogP contribution in [0, 0.1) is 0 Å². The molecule has 0 aromatic carbocycles. The second-order valence-electron chi connectivity index (χ2n) is 6.61. The van der Waals surface area contributed by atoms with Crippen LogP contribution in [0.25, 0.3) is 0 Å². The summed E-state index contributed by atoms with van der Waals surface area (Å²) in [5.41, 5.74) is 0. The van der Waals surface area contributed by atoms with Crippen LogP contribution in [0.3, 0.4) is 0 Å². The van der Waals surface area contributed by atoms with Gasteiger partial charge in [-0.3, -0.25) is 18.9 Å². The molecule has 0 radical (unpaired) electrons. The van der Waals surface area contributed by atoms with Crippen LogP contribution >= 0.6 is 15.2 Å². The van der Waals surface area contributed by atoms with Crippen molar-refractivity contribution in [3.8, 4) is 0 Å². The highest BCUT2D eigenvalue weighted by Gasteiger charge is 2.21. The summed E-state index contributed by atoms with van der Waals surface area (Å²) >= 11 is 0. The SMILES string of the molecule is CN1CCCN(CP(=O)(O)O)CCNCCCN(CP(=O)(O)O)CC1. The van der Waals surface area contributed by atoms with E-state index in [0.29, 0.717) is 45.8 Å². The lowest BCUT2D eigenvalue weighted by atomic mass is 10.3. The molecule has 0 aromatic heterocycles. The molecular weight excluding hydrogens is 370 g/mol. The van der Waals surface area contributed by atoms with E-state index in [0.717, 1.165) is 19.4 Å². The van der Waals surface area contributed by atoms with Gasteiger partial charge in [-0.2, -0.15) is 0 Å². The molecule has 5 N–H and O–H groups in total. The number of likely N-dealkylation sites (N-methyl/N-ethyl adjacent to an activating group) is 1. The van der Waals surface area contributed by atoms with Crippen LogP contribution in [-0.2, 0) is 9.13 Å². The molecule has 150 valence electrons. The molecule has 0 saturated carbocycles. The van der Waals surface area contributed by atoms with Crippen molar-refractivity contribution < 1.29 is 28.7 Å². The minimum Gasteiger partial charge on any atom is -0.324 e. The average molecular weight is 402 g/mol. The summed E-state index contributed by atoms with van der Waals surface area (Å²) in [7, 11) is -6.20. The van der Waals surface area contributed by atoms with Gasteiger partial charge in [-0.05, 0) is 33.0 Å². The summed E-state index contributed by atoms with van der Waals surface area (Å²) in [6, 6.07) is 0. The van der Waals surface area contributed by atoms with Crippen molar-refractivity contribution in [2.24, 2.45) is 0 Å². The third-order valence-corrected chi connectivity index (χ3v) is 5.55. The first-order valence-electron chi connectivity index (χ1n) is 8.48. The van der Waals surface area contributed by atoms with Crippen LogP contribution in [-0.4, -0.2) is 106 Å². The van der Waals surface area contributed by atoms with Crippen LogP contribution in [0.4, 0.5) is 0 Å². The van der Waals surface area contributed by atoms with Gasteiger partial charge in [0, 0.05) is 39.3 Å². The van der Waals surface area contributed by atoms with E-state index in [1.165, 1.54) is 0 Å². The maximum Gasteiger partial charge on any atom is 0.339 e. The molecule has 0 aromatic rings. The fraction of sp³-hybridized carbons (Fsp3) is 1.00. The van der Waals surface area contributed by atoms with E-state index < -0.39 is 15.2 Å². The highest BCUT2D eigenvalue weighted by Crippen LogP contribution is 2.35. The molecule has 1 fully saturated rings. The van der Waals surface area contributed by atoms with Gasteiger partial charge >= 0.3 is 15.2 Å². The largest absolute Gasteiger partial charge is 0.339 e. The van der Waals surface area contributed by atoms with Gasteiger partial charge in [0.25, 0.3) is 0 Å². The number of nitrogens with zero attached hydrogens (tertiary/aromatic N) is 3. The highest BCUT2D eigenvalue weighted by molar-refractivity contribution is 7.51. The molecule has 1 rings (SSSR count). The molecule has 0 spiro atoms. The predicted octanol–water partition coefficient (Wildman–Crippen LogP) is -0.824. The Kier molecular flexibility index (Phi) is 10.3. The molecule has 1 aliphatic heterocycles. The minimum absolute atomic E-state index is 0.225. The molecule has 0 amide bonds. The topological polar surface area (TPSA) is 137 Å². The lowest BCUT2D eigenvalue weighted by molar-refractivity contribution is 0.212. The standard InChI is InChI=1S/C13H32N4O6P2/c1-15-6-3-8-16(12-24(18,19)20)9-5-14-4-2-7-17(11-10-15)13-25(21,22)23/h14H,2-13H2,1H3,(H2,18,19,20)(H2,21,22,23). The molecule has 0 atom stereocenters. The van der Waals surface area contributed by atoms with Crippen LogP contribution in [0.1, 0.15) is 12.8 Å². The number of rotatable bonds is 4. The molecule has 10 nitrogen and oxygen atoms in total. The molecule has 1 aliphatic rings. The summed E-state index contributed by atoms with van der Waals surface area (Å²) in [5.74, 6) is 0. The third-order valence-electron chi connectivity index (χ3n) is 4.01. The maximum atomic E-state index is 11.3. The number of hydrogen-bond acceptors (Lipinski definition) is 6. The van der Waals surface area contributed by atoms with E-state index >= 15 is 0 Å². The van der Waals surface area contributed by atoms with Crippen LogP contribution in [0.2, 0.25) is 0 Å². The van der Waals surface area contributed by atoms with Gasteiger partial charge < -0.3 is 29.8 Å². The number of nitrogens with one attached hydrogen (secondary N) is 1. The van der Waals surface area contributed by atoms with Crippen LogP contribution in [0.5, 0.6) is 0 Å². The van der Waals surface area contributed by atoms with Gasteiger partial charge in [0.15, 0.2) is 0 Å². The molecule has 0 unspecified atom stereocenters. The first-order chi connectivity index (χ1) is 11.6. The zero-order chi connectivity index (χ0) is 18.9. The van der Waals surface area contributed by atoms with Gasteiger partial charge in [-0.25, -0.2) is 0 Å². The van der Waals surface area contributed by atoms with Crippen molar-refractivity contribution >= 4 is 15.2 Å². The maximum absolute atomic E-state index is 11.3. The summed E-state index contributed by atoms with van der Waals surface area (Å²) in [4.78, 5) is 42.4. The average Bonchev–Trinajstić information content (AvgIpc) is 2.44. The zero-order valence-corrected chi connectivity index (χ0v) is 16.6. The molecule has 12 heteroatoms. The Balaban J connectivity index is 2.56. The van der Waals surface area contributed by atoms with E-state index in [1.54, 1.807) is 9.80 Å². The second-order valence-corrected chi connectivity index (χ2v) is 9.83. The Bertz CT molecular complexity index is 471. The van der Waals surface area contributed by atoms with Crippen LogP contribution in [0.15, 0.2) is 0 Å². The summed E-state index contributed by atoms with van der Waals surface area (Å²) in [5, 5.41) is 3.22. The Morgan fingerprint density at radius 2 is 1.32 bits per heavy atom. The van der Waals surface area contributed by atoms with Crippen molar-refractivity contribution in [3.63, 3.8) is 0 Å². The van der Waals surface area contributed by atoms with Gasteiger partial charge in [-0.1, -0.05) is 0 Å².